The van der Waals surface area contributed by atoms with Crippen molar-refractivity contribution in [2.45, 2.75) is 13.3 Å². The third kappa shape index (κ3) is 5.24. The first-order chi connectivity index (χ1) is 11.6. The number of thiocarbonyl (C=S) groups is 1. The Balaban J connectivity index is 1.93. The van der Waals surface area contributed by atoms with Crippen LogP contribution in [0.15, 0.2) is 48.5 Å². The minimum atomic E-state index is -0.319. The number of anilines is 2. The predicted octanol–water partition coefficient (Wildman–Crippen LogP) is 4.07. The molecule has 0 atom stereocenters. The Morgan fingerprint density at radius 3 is 2.46 bits per heavy atom. The third-order valence-electron chi connectivity index (χ3n) is 3.14. The van der Waals surface area contributed by atoms with E-state index in [1.165, 1.54) is 0 Å². The fourth-order valence-corrected chi connectivity index (χ4v) is 2.20. The second-order valence-electron chi connectivity index (χ2n) is 5.02. The molecule has 126 valence electrons. The molecular weight excluding hydrogens is 324 g/mol. The van der Waals surface area contributed by atoms with Gasteiger partial charge in [-0.25, -0.2) is 4.79 Å². The first-order valence-electron chi connectivity index (χ1n) is 7.61. The Kier molecular flexibility index (Phi) is 6.57. The average Bonchev–Trinajstić information content (AvgIpc) is 2.60. The standard InChI is InChI=1S/C18H20N2O3S/c1-3-11-23-17(21)13-7-9-14(10-8-13)19-18(24)20-15-5-4-6-16(12-15)22-2/h4-10,12H,3,11H2,1-2H3,(H2,19,20,24). The van der Waals surface area contributed by atoms with Crippen LogP contribution in [0.3, 0.4) is 0 Å². The molecule has 0 amide bonds. The molecule has 2 aromatic rings. The molecule has 24 heavy (non-hydrogen) atoms. The molecule has 0 spiro atoms. The Bertz CT molecular complexity index is 702. The molecule has 0 aliphatic carbocycles. The Hall–Kier alpha value is -2.60. The van der Waals surface area contributed by atoms with Gasteiger partial charge in [0.2, 0.25) is 0 Å². The van der Waals surface area contributed by atoms with E-state index in [2.05, 4.69) is 10.6 Å². The average molecular weight is 344 g/mol. The number of rotatable bonds is 6. The highest BCUT2D eigenvalue weighted by molar-refractivity contribution is 7.80. The summed E-state index contributed by atoms with van der Waals surface area (Å²) in [5.74, 6) is 0.429. The number of hydrogen-bond acceptors (Lipinski definition) is 4. The highest BCUT2D eigenvalue weighted by atomic mass is 32.1. The van der Waals surface area contributed by atoms with Crippen molar-refractivity contribution in [2.75, 3.05) is 24.4 Å². The zero-order chi connectivity index (χ0) is 17.4. The lowest BCUT2D eigenvalue weighted by Gasteiger charge is -2.11. The molecule has 2 rings (SSSR count). The second-order valence-corrected chi connectivity index (χ2v) is 5.43. The summed E-state index contributed by atoms with van der Waals surface area (Å²) in [6.45, 7) is 2.38. The number of nitrogens with one attached hydrogen (secondary N) is 2. The molecule has 0 saturated carbocycles. The maximum absolute atomic E-state index is 11.7. The fourth-order valence-electron chi connectivity index (χ4n) is 1.96. The molecule has 0 bridgehead atoms. The van der Waals surface area contributed by atoms with E-state index < -0.39 is 0 Å². The number of hydrogen-bond donors (Lipinski definition) is 2. The van der Waals surface area contributed by atoms with Crippen LogP contribution in [-0.4, -0.2) is 24.8 Å². The largest absolute Gasteiger partial charge is 0.497 e. The maximum Gasteiger partial charge on any atom is 0.338 e. The molecule has 0 fully saturated rings. The number of esters is 1. The summed E-state index contributed by atoms with van der Waals surface area (Å²) in [4.78, 5) is 11.7. The number of benzene rings is 2. The molecule has 0 saturated heterocycles. The van der Waals surface area contributed by atoms with Crippen molar-refractivity contribution in [1.29, 1.82) is 0 Å². The van der Waals surface area contributed by atoms with E-state index in [4.69, 9.17) is 21.7 Å². The lowest BCUT2D eigenvalue weighted by atomic mass is 10.2. The first kappa shape index (κ1) is 17.7. The zero-order valence-corrected chi connectivity index (χ0v) is 14.5. The lowest BCUT2D eigenvalue weighted by Crippen LogP contribution is -2.19. The zero-order valence-electron chi connectivity index (χ0n) is 13.7. The molecule has 0 aromatic heterocycles. The molecule has 6 heteroatoms. The molecule has 5 nitrogen and oxygen atoms in total. The summed E-state index contributed by atoms with van der Waals surface area (Å²) >= 11 is 5.28. The Labute approximate surface area is 147 Å². The highest BCUT2D eigenvalue weighted by Gasteiger charge is 2.07. The van der Waals surface area contributed by atoms with E-state index in [1.54, 1.807) is 31.4 Å². The van der Waals surface area contributed by atoms with E-state index in [0.29, 0.717) is 17.3 Å². The van der Waals surface area contributed by atoms with Crippen LogP contribution in [0.2, 0.25) is 0 Å². The van der Waals surface area contributed by atoms with Crippen molar-refractivity contribution < 1.29 is 14.3 Å². The van der Waals surface area contributed by atoms with E-state index in [9.17, 15) is 4.79 Å². The molecule has 0 radical (unpaired) electrons. The summed E-state index contributed by atoms with van der Waals surface area (Å²) in [6, 6.07) is 14.4. The van der Waals surface area contributed by atoms with Gasteiger partial charge in [-0.05, 0) is 55.0 Å². The first-order valence-corrected chi connectivity index (χ1v) is 8.02. The van der Waals surface area contributed by atoms with Gasteiger partial charge in [-0.3, -0.25) is 0 Å². The SMILES string of the molecule is CCCOC(=O)c1ccc(NC(=S)Nc2cccc(OC)c2)cc1. The van der Waals surface area contributed by atoms with Gasteiger partial charge in [0.15, 0.2) is 5.11 Å². The minimum Gasteiger partial charge on any atom is -0.497 e. The van der Waals surface area contributed by atoms with Crippen LogP contribution in [0.4, 0.5) is 11.4 Å². The molecule has 0 aliphatic rings. The maximum atomic E-state index is 11.7. The predicted molar refractivity (Wildman–Crippen MR) is 99.9 cm³/mol. The van der Waals surface area contributed by atoms with Gasteiger partial charge in [0.1, 0.15) is 5.75 Å². The number of carbonyl (C=O) groups excluding carboxylic acids is 1. The number of carbonyl (C=O) groups is 1. The number of ether oxygens (including phenoxy) is 2. The van der Waals surface area contributed by atoms with Crippen LogP contribution in [0.5, 0.6) is 5.75 Å². The Morgan fingerprint density at radius 1 is 1.08 bits per heavy atom. The summed E-state index contributed by atoms with van der Waals surface area (Å²) < 4.78 is 10.3. The quantitative estimate of drug-likeness (QED) is 0.608. The van der Waals surface area contributed by atoms with Crippen LogP contribution < -0.4 is 15.4 Å². The smallest absolute Gasteiger partial charge is 0.338 e. The summed E-state index contributed by atoms with van der Waals surface area (Å²) in [7, 11) is 1.61. The van der Waals surface area contributed by atoms with Gasteiger partial charge in [-0.1, -0.05) is 13.0 Å². The van der Waals surface area contributed by atoms with E-state index >= 15 is 0 Å². The van der Waals surface area contributed by atoms with Gasteiger partial charge in [-0.2, -0.15) is 0 Å². The van der Waals surface area contributed by atoms with Crippen molar-refractivity contribution in [2.24, 2.45) is 0 Å². The van der Waals surface area contributed by atoms with Crippen molar-refractivity contribution in [1.82, 2.24) is 0 Å². The van der Waals surface area contributed by atoms with Gasteiger partial charge in [-0.15, -0.1) is 0 Å². The molecule has 2 aromatic carbocycles. The summed E-state index contributed by atoms with van der Waals surface area (Å²) in [6.07, 6.45) is 0.801. The van der Waals surface area contributed by atoms with Crippen LogP contribution in [-0.2, 0) is 4.74 Å². The topological polar surface area (TPSA) is 59.6 Å². The fraction of sp³-hybridized carbons (Fsp3) is 0.222. The minimum absolute atomic E-state index is 0.319. The highest BCUT2D eigenvalue weighted by Crippen LogP contribution is 2.17. The van der Waals surface area contributed by atoms with Gasteiger partial charge in [0.25, 0.3) is 0 Å². The summed E-state index contributed by atoms with van der Waals surface area (Å²) in [5.41, 5.74) is 2.12. The van der Waals surface area contributed by atoms with Crippen molar-refractivity contribution in [3.05, 3.63) is 54.1 Å². The van der Waals surface area contributed by atoms with E-state index in [1.807, 2.05) is 31.2 Å². The van der Waals surface area contributed by atoms with Crippen molar-refractivity contribution in [3.63, 3.8) is 0 Å². The molecule has 0 aliphatic heterocycles. The molecular formula is C18H20N2O3S. The molecule has 2 N–H and O–H groups in total. The van der Waals surface area contributed by atoms with Crippen LogP contribution in [0, 0.1) is 0 Å². The second kappa shape index (κ2) is 8.88. The van der Waals surface area contributed by atoms with Gasteiger partial charge < -0.3 is 20.1 Å². The molecule has 0 unspecified atom stereocenters. The normalized spacial score (nSPS) is 9.92. The van der Waals surface area contributed by atoms with E-state index in [0.717, 1.165) is 23.5 Å². The van der Waals surface area contributed by atoms with Gasteiger partial charge in [0.05, 0.1) is 19.3 Å². The number of methoxy groups -OCH3 is 1. The Morgan fingerprint density at radius 2 is 1.79 bits per heavy atom. The van der Waals surface area contributed by atoms with Crippen molar-refractivity contribution in [3.8, 4) is 5.75 Å². The van der Waals surface area contributed by atoms with E-state index in [-0.39, 0.29) is 5.97 Å². The van der Waals surface area contributed by atoms with Gasteiger partial charge in [0, 0.05) is 17.4 Å². The van der Waals surface area contributed by atoms with Crippen LogP contribution >= 0.6 is 12.2 Å². The van der Waals surface area contributed by atoms with Gasteiger partial charge >= 0.3 is 5.97 Å². The third-order valence-corrected chi connectivity index (χ3v) is 3.35. The van der Waals surface area contributed by atoms with Crippen LogP contribution in [0.1, 0.15) is 23.7 Å². The monoisotopic (exact) mass is 344 g/mol. The van der Waals surface area contributed by atoms with Crippen LogP contribution in [0.25, 0.3) is 0 Å². The molecule has 0 heterocycles. The van der Waals surface area contributed by atoms with Crippen molar-refractivity contribution >= 4 is 34.7 Å². The lowest BCUT2D eigenvalue weighted by molar-refractivity contribution is 0.0505. The summed E-state index contributed by atoms with van der Waals surface area (Å²) in [5, 5.41) is 6.59.